The third-order valence-corrected chi connectivity index (χ3v) is 4.96. The molecule has 1 aliphatic heterocycles. The highest BCUT2D eigenvalue weighted by Gasteiger charge is 2.25. The minimum absolute atomic E-state index is 0.0491. The van der Waals surface area contributed by atoms with Crippen LogP contribution in [-0.4, -0.2) is 61.7 Å². The molecule has 29 heavy (non-hydrogen) atoms. The molecule has 150 valence electrons. The number of amides is 1. The first-order chi connectivity index (χ1) is 14.1. The van der Waals surface area contributed by atoms with Crippen LogP contribution in [0.1, 0.15) is 34.1 Å². The Morgan fingerprint density at radius 2 is 2.14 bits per heavy atom. The van der Waals surface area contributed by atoms with Gasteiger partial charge in [-0.05, 0) is 38.8 Å². The fourth-order valence-electron chi connectivity index (χ4n) is 3.49. The third-order valence-electron chi connectivity index (χ3n) is 4.96. The molecule has 0 radical (unpaired) electrons. The monoisotopic (exact) mass is 394 g/mol. The molecule has 1 atom stereocenters. The van der Waals surface area contributed by atoms with E-state index in [1.807, 2.05) is 19.9 Å². The van der Waals surface area contributed by atoms with Crippen molar-refractivity contribution in [3.63, 3.8) is 0 Å². The van der Waals surface area contributed by atoms with Crippen LogP contribution >= 0.6 is 0 Å². The second-order valence-corrected chi connectivity index (χ2v) is 6.97. The van der Waals surface area contributed by atoms with Gasteiger partial charge in [-0.25, -0.2) is 19.9 Å². The number of morpholine rings is 1. The van der Waals surface area contributed by atoms with Gasteiger partial charge in [0.15, 0.2) is 0 Å². The van der Waals surface area contributed by atoms with Gasteiger partial charge >= 0.3 is 0 Å². The Labute approximate surface area is 168 Å². The van der Waals surface area contributed by atoms with Crippen molar-refractivity contribution in [3.05, 3.63) is 53.8 Å². The van der Waals surface area contributed by atoms with E-state index in [2.05, 4.69) is 25.1 Å². The first-order valence-corrected chi connectivity index (χ1v) is 9.53. The number of ether oxygens (including phenoxy) is 1. The molecule has 0 aromatic carbocycles. The average molecular weight is 394 g/mol. The van der Waals surface area contributed by atoms with Crippen LogP contribution < -0.4 is 0 Å². The van der Waals surface area contributed by atoms with Crippen molar-refractivity contribution in [1.82, 2.24) is 30.0 Å². The van der Waals surface area contributed by atoms with Crippen molar-refractivity contribution in [2.24, 2.45) is 0 Å². The highest BCUT2D eigenvalue weighted by atomic mass is 16.5. The first-order valence-electron chi connectivity index (χ1n) is 9.53. The van der Waals surface area contributed by atoms with Gasteiger partial charge in [0.2, 0.25) is 0 Å². The lowest BCUT2D eigenvalue weighted by atomic mass is 10.1. The second kappa shape index (κ2) is 8.44. The van der Waals surface area contributed by atoms with Gasteiger partial charge in [-0.15, -0.1) is 0 Å². The van der Waals surface area contributed by atoms with Crippen LogP contribution in [0, 0.1) is 13.8 Å². The standard InChI is InChI=1S/C20H22N6O3/c1-13-19(14(2)29-25-13)18-9-15(22-12-24-18)3-4-16-10-26(7-8-28-16)20(27)17-5-6-21-11-23-17/h5-6,9,11-12,16H,3-4,7-8,10H2,1-2H3. The van der Waals surface area contributed by atoms with Crippen molar-refractivity contribution in [3.8, 4) is 11.3 Å². The molecule has 3 aromatic heterocycles. The Balaban J connectivity index is 1.39. The number of aryl methyl sites for hydroxylation is 3. The zero-order valence-electron chi connectivity index (χ0n) is 16.4. The molecule has 0 aliphatic carbocycles. The van der Waals surface area contributed by atoms with Gasteiger partial charge in [-0.1, -0.05) is 5.16 Å². The lowest BCUT2D eigenvalue weighted by Crippen LogP contribution is -2.46. The van der Waals surface area contributed by atoms with Gasteiger partial charge in [0, 0.05) is 25.0 Å². The Bertz CT molecular complexity index is 971. The van der Waals surface area contributed by atoms with Gasteiger partial charge in [0.25, 0.3) is 5.91 Å². The Morgan fingerprint density at radius 3 is 2.90 bits per heavy atom. The highest BCUT2D eigenvalue weighted by Crippen LogP contribution is 2.25. The largest absolute Gasteiger partial charge is 0.375 e. The van der Waals surface area contributed by atoms with Gasteiger partial charge < -0.3 is 14.2 Å². The average Bonchev–Trinajstić information content (AvgIpc) is 3.11. The summed E-state index contributed by atoms with van der Waals surface area (Å²) in [5.74, 6) is 0.644. The number of hydrogen-bond donors (Lipinski definition) is 0. The summed E-state index contributed by atoms with van der Waals surface area (Å²) in [6, 6.07) is 3.59. The van der Waals surface area contributed by atoms with Crippen molar-refractivity contribution in [1.29, 1.82) is 0 Å². The molecule has 0 N–H and O–H groups in total. The predicted molar refractivity (Wildman–Crippen MR) is 103 cm³/mol. The van der Waals surface area contributed by atoms with E-state index in [-0.39, 0.29) is 12.0 Å². The smallest absolute Gasteiger partial charge is 0.272 e. The van der Waals surface area contributed by atoms with Crippen LogP contribution in [0.4, 0.5) is 0 Å². The maximum Gasteiger partial charge on any atom is 0.272 e. The van der Waals surface area contributed by atoms with Crippen molar-refractivity contribution >= 4 is 5.91 Å². The Morgan fingerprint density at radius 1 is 1.24 bits per heavy atom. The molecule has 0 spiro atoms. The fourth-order valence-corrected chi connectivity index (χ4v) is 3.49. The molecule has 9 nitrogen and oxygen atoms in total. The normalized spacial score (nSPS) is 16.8. The van der Waals surface area contributed by atoms with Gasteiger partial charge in [0.05, 0.1) is 29.7 Å². The molecular weight excluding hydrogens is 372 g/mol. The molecule has 1 aliphatic rings. The van der Waals surface area contributed by atoms with E-state index in [9.17, 15) is 4.79 Å². The molecular formula is C20H22N6O3. The maximum absolute atomic E-state index is 12.6. The molecule has 4 heterocycles. The van der Waals surface area contributed by atoms with E-state index < -0.39 is 0 Å². The summed E-state index contributed by atoms with van der Waals surface area (Å²) in [6.45, 7) is 5.37. The minimum atomic E-state index is -0.0940. The van der Waals surface area contributed by atoms with Gasteiger partial charge in [0.1, 0.15) is 24.1 Å². The Kier molecular flexibility index (Phi) is 5.57. The zero-order chi connectivity index (χ0) is 20.2. The second-order valence-electron chi connectivity index (χ2n) is 6.97. The van der Waals surface area contributed by atoms with Crippen molar-refractivity contribution in [2.75, 3.05) is 19.7 Å². The molecule has 1 amide bonds. The van der Waals surface area contributed by atoms with E-state index >= 15 is 0 Å². The molecule has 1 unspecified atom stereocenters. The maximum atomic E-state index is 12.6. The molecule has 0 bridgehead atoms. The number of carbonyl (C=O) groups is 1. The van der Waals surface area contributed by atoms with E-state index in [4.69, 9.17) is 9.26 Å². The van der Waals surface area contributed by atoms with Crippen molar-refractivity contribution < 1.29 is 14.1 Å². The van der Waals surface area contributed by atoms with Crippen LogP contribution in [0.2, 0.25) is 0 Å². The number of hydrogen-bond acceptors (Lipinski definition) is 8. The molecule has 3 aromatic rings. The summed E-state index contributed by atoms with van der Waals surface area (Å²) in [6.07, 6.45) is 5.95. The quantitative estimate of drug-likeness (QED) is 0.647. The van der Waals surface area contributed by atoms with E-state index in [1.54, 1.807) is 23.5 Å². The van der Waals surface area contributed by atoms with Gasteiger partial charge in [-0.3, -0.25) is 4.79 Å². The minimum Gasteiger partial charge on any atom is -0.375 e. The topological polar surface area (TPSA) is 107 Å². The molecule has 1 fully saturated rings. The number of nitrogens with zero attached hydrogens (tertiary/aromatic N) is 6. The summed E-state index contributed by atoms with van der Waals surface area (Å²) in [5.41, 5.74) is 3.83. The zero-order valence-corrected chi connectivity index (χ0v) is 16.4. The van der Waals surface area contributed by atoms with Crippen molar-refractivity contribution in [2.45, 2.75) is 32.8 Å². The summed E-state index contributed by atoms with van der Waals surface area (Å²) in [4.78, 5) is 31.0. The summed E-state index contributed by atoms with van der Waals surface area (Å²) in [5, 5.41) is 3.99. The SMILES string of the molecule is Cc1noc(C)c1-c1cc(CCC2CN(C(=O)c3ccncn3)CCO2)ncn1. The Hall–Kier alpha value is -3.20. The van der Waals surface area contributed by atoms with E-state index in [1.165, 1.54) is 6.33 Å². The third kappa shape index (κ3) is 4.29. The van der Waals surface area contributed by atoms with Crippen LogP contribution in [0.3, 0.4) is 0 Å². The summed E-state index contributed by atoms with van der Waals surface area (Å²) in [7, 11) is 0. The van der Waals surface area contributed by atoms with Crippen LogP contribution in [0.25, 0.3) is 11.3 Å². The number of aromatic nitrogens is 5. The van der Waals surface area contributed by atoms with E-state index in [0.29, 0.717) is 25.4 Å². The molecule has 4 rings (SSSR count). The molecule has 0 saturated carbocycles. The molecule has 1 saturated heterocycles. The number of carbonyl (C=O) groups excluding carboxylic acids is 1. The first kappa shape index (κ1) is 19.1. The fraction of sp³-hybridized carbons (Fsp3) is 0.400. The molecule has 9 heteroatoms. The highest BCUT2D eigenvalue weighted by molar-refractivity contribution is 5.92. The van der Waals surface area contributed by atoms with Crippen LogP contribution in [-0.2, 0) is 11.2 Å². The van der Waals surface area contributed by atoms with E-state index in [0.717, 1.165) is 41.2 Å². The van der Waals surface area contributed by atoms with Crippen LogP contribution in [0.15, 0.2) is 35.5 Å². The number of rotatable bonds is 5. The van der Waals surface area contributed by atoms with Crippen LogP contribution in [0.5, 0.6) is 0 Å². The summed E-state index contributed by atoms with van der Waals surface area (Å²) < 4.78 is 11.1. The predicted octanol–water partition coefficient (Wildman–Crippen LogP) is 2.01. The lowest BCUT2D eigenvalue weighted by molar-refractivity contribution is -0.0248. The summed E-state index contributed by atoms with van der Waals surface area (Å²) >= 11 is 0. The van der Waals surface area contributed by atoms with Gasteiger partial charge in [-0.2, -0.15) is 0 Å². The lowest BCUT2D eigenvalue weighted by Gasteiger charge is -2.32.